The molecule has 3 aliphatic rings. The zero-order valence-corrected chi connectivity index (χ0v) is 22.5. The lowest BCUT2D eigenvalue weighted by Crippen LogP contribution is -2.55. The molecule has 9 heteroatoms. The summed E-state index contributed by atoms with van der Waals surface area (Å²) in [5, 5.41) is 1.00. The summed E-state index contributed by atoms with van der Waals surface area (Å²) in [6, 6.07) is 14.7. The van der Waals surface area contributed by atoms with Crippen molar-refractivity contribution in [2.24, 2.45) is 12.8 Å². The Bertz CT molecular complexity index is 1340. The number of benzene rings is 1. The molecule has 1 aromatic carbocycles. The lowest BCUT2D eigenvalue weighted by atomic mass is 9.91. The van der Waals surface area contributed by atoms with Crippen LogP contribution in [0.15, 0.2) is 53.5 Å². The van der Waals surface area contributed by atoms with Crippen LogP contribution in [0.3, 0.4) is 0 Å². The molecule has 3 aromatic rings. The smallest absolute Gasteiger partial charge is 0.253 e. The van der Waals surface area contributed by atoms with E-state index in [1.54, 1.807) is 31.0 Å². The van der Waals surface area contributed by atoms with Crippen molar-refractivity contribution in [1.29, 1.82) is 0 Å². The molecule has 2 N–H and O–H groups in total. The molecule has 0 amide bonds. The Morgan fingerprint density at radius 2 is 1.84 bits per heavy atom. The van der Waals surface area contributed by atoms with Crippen LogP contribution in [0.2, 0.25) is 0 Å². The number of anilines is 2. The summed E-state index contributed by atoms with van der Waals surface area (Å²) in [6.07, 6.45) is 2.01. The summed E-state index contributed by atoms with van der Waals surface area (Å²) in [6.45, 7) is 8.27. The van der Waals surface area contributed by atoms with Gasteiger partial charge in [-0.05, 0) is 36.8 Å². The van der Waals surface area contributed by atoms with Gasteiger partial charge in [0, 0.05) is 89.2 Å². The summed E-state index contributed by atoms with van der Waals surface area (Å²) >= 11 is 0. The number of nitrogens with two attached hydrogens (primary N) is 1. The van der Waals surface area contributed by atoms with Crippen molar-refractivity contribution in [2.45, 2.75) is 37.2 Å². The highest BCUT2D eigenvalue weighted by molar-refractivity contribution is 5.89. The third-order valence-electron chi connectivity index (χ3n) is 8.40. The molecule has 3 fully saturated rings. The number of morpholine rings is 1. The number of hydrogen-bond donors (Lipinski definition) is 1. The third-order valence-corrected chi connectivity index (χ3v) is 8.40. The van der Waals surface area contributed by atoms with Crippen molar-refractivity contribution in [3.63, 3.8) is 0 Å². The quantitative estimate of drug-likeness (QED) is 0.529. The Kier molecular flexibility index (Phi) is 6.86. The highest BCUT2D eigenvalue weighted by atomic mass is 16.5. The maximum Gasteiger partial charge on any atom is 0.253 e. The summed E-state index contributed by atoms with van der Waals surface area (Å²) in [5.41, 5.74) is 10.4. The van der Waals surface area contributed by atoms with Gasteiger partial charge in [0.05, 0.1) is 30.0 Å². The molecule has 0 aliphatic carbocycles. The number of aromatic nitrogens is 2. The van der Waals surface area contributed by atoms with Crippen LogP contribution in [0.4, 0.5) is 11.4 Å². The van der Waals surface area contributed by atoms with Gasteiger partial charge in [-0.25, -0.2) is 4.98 Å². The van der Waals surface area contributed by atoms with E-state index in [9.17, 15) is 4.79 Å². The summed E-state index contributed by atoms with van der Waals surface area (Å²) in [5.74, 6) is 0.542. The van der Waals surface area contributed by atoms with Gasteiger partial charge in [0.2, 0.25) is 0 Å². The standard InChI is InChI=1S/C29H38N6O3/c1-19-12-35(26-11-28(36)32(2)29-24(26)5-4-10-31-29)16-23(38-19)15-33-13-21(14-33)20-6-8-22(9-7-20)34-17-25(30)27(18-34)37-3/h4-11,19,21,23,25,27H,12-18,30H2,1-3H3/t19-,23+,25-,27+/m1/s1. The molecule has 202 valence electrons. The molecule has 4 atom stereocenters. The third kappa shape index (κ3) is 4.80. The van der Waals surface area contributed by atoms with Gasteiger partial charge in [0.1, 0.15) is 5.65 Å². The predicted molar refractivity (Wildman–Crippen MR) is 150 cm³/mol. The predicted octanol–water partition coefficient (Wildman–Crippen LogP) is 1.79. The number of ether oxygens (including phenoxy) is 2. The summed E-state index contributed by atoms with van der Waals surface area (Å²) in [7, 11) is 3.51. The minimum absolute atomic E-state index is 0.0374. The van der Waals surface area contributed by atoms with Crippen LogP contribution in [0.25, 0.3) is 11.0 Å². The Hall–Kier alpha value is -2.98. The first-order valence-corrected chi connectivity index (χ1v) is 13.6. The van der Waals surface area contributed by atoms with Crippen LogP contribution in [0, 0.1) is 0 Å². The van der Waals surface area contributed by atoms with Crippen molar-refractivity contribution in [3.05, 3.63) is 64.6 Å². The molecule has 6 rings (SSSR count). The Balaban J connectivity index is 1.07. The van der Waals surface area contributed by atoms with Gasteiger partial charge in [-0.3, -0.25) is 14.3 Å². The van der Waals surface area contributed by atoms with Crippen LogP contribution < -0.4 is 21.1 Å². The van der Waals surface area contributed by atoms with E-state index in [-0.39, 0.29) is 29.9 Å². The Morgan fingerprint density at radius 1 is 1.05 bits per heavy atom. The molecule has 0 unspecified atom stereocenters. The minimum atomic E-state index is -0.0374. The van der Waals surface area contributed by atoms with Gasteiger partial charge >= 0.3 is 0 Å². The SMILES string of the molecule is CO[C@H]1CN(c2ccc(C3CN(C[C@H]4CN(c5cc(=O)n(C)c6ncccc56)C[C@@H](C)O4)C3)cc2)C[C@H]1N. The number of hydrogen-bond acceptors (Lipinski definition) is 8. The van der Waals surface area contributed by atoms with Crippen LogP contribution in [-0.4, -0.2) is 91.7 Å². The summed E-state index contributed by atoms with van der Waals surface area (Å²) < 4.78 is 13.5. The first-order chi connectivity index (χ1) is 18.4. The van der Waals surface area contributed by atoms with E-state index in [1.807, 2.05) is 12.1 Å². The van der Waals surface area contributed by atoms with Crippen molar-refractivity contribution in [3.8, 4) is 0 Å². The molecular weight excluding hydrogens is 480 g/mol. The minimum Gasteiger partial charge on any atom is -0.378 e. The van der Waals surface area contributed by atoms with E-state index >= 15 is 0 Å². The fraction of sp³-hybridized carbons (Fsp3) is 0.517. The van der Waals surface area contributed by atoms with Crippen molar-refractivity contribution < 1.29 is 9.47 Å². The average Bonchev–Trinajstić information content (AvgIpc) is 3.28. The van der Waals surface area contributed by atoms with E-state index in [4.69, 9.17) is 15.2 Å². The first kappa shape index (κ1) is 25.3. The molecule has 0 spiro atoms. The number of aryl methyl sites for hydroxylation is 1. The van der Waals surface area contributed by atoms with E-state index in [1.165, 1.54) is 11.3 Å². The number of methoxy groups -OCH3 is 1. The van der Waals surface area contributed by atoms with Crippen molar-refractivity contribution in [1.82, 2.24) is 14.5 Å². The highest BCUT2D eigenvalue weighted by Crippen LogP contribution is 2.31. The average molecular weight is 519 g/mol. The highest BCUT2D eigenvalue weighted by Gasteiger charge is 2.34. The summed E-state index contributed by atoms with van der Waals surface area (Å²) in [4.78, 5) is 24.2. The molecular formula is C29H38N6O3. The second kappa shape index (κ2) is 10.3. The van der Waals surface area contributed by atoms with E-state index in [2.05, 4.69) is 50.9 Å². The molecule has 2 aromatic heterocycles. The number of likely N-dealkylation sites (tertiary alicyclic amines) is 1. The van der Waals surface area contributed by atoms with Gasteiger partial charge in [-0.2, -0.15) is 0 Å². The van der Waals surface area contributed by atoms with Gasteiger partial charge in [-0.15, -0.1) is 0 Å². The van der Waals surface area contributed by atoms with E-state index in [0.717, 1.165) is 56.9 Å². The zero-order valence-electron chi connectivity index (χ0n) is 22.5. The van der Waals surface area contributed by atoms with Gasteiger partial charge in [-0.1, -0.05) is 12.1 Å². The number of fused-ring (bicyclic) bond motifs is 1. The molecule has 0 radical (unpaired) electrons. The maximum absolute atomic E-state index is 12.6. The second-order valence-electron chi connectivity index (χ2n) is 11.1. The fourth-order valence-corrected chi connectivity index (χ4v) is 6.30. The molecule has 3 aliphatic heterocycles. The van der Waals surface area contributed by atoms with Crippen molar-refractivity contribution >= 4 is 22.4 Å². The molecule has 5 heterocycles. The lowest BCUT2D eigenvalue weighted by Gasteiger charge is -2.45. The van der Waals surface area contributed by atoms with Crippen LogP contribution in [0.5, 0.6) is 0 Å². The first-order valence-electron chi connectivity index (χ1n) is 13.6. The largest absolute Gasteiger partial charge is 0.378 e. The van der Waals surface area contributed by atoms with E-state index in [0.29, 0.717) is 11.6 Å². The van der Waals surface area contributed by atoms with Crippen LogP contribution in [0.1, 0.15) is 18.4 Å². The maximum atomic E-state index is 12.6. The van der Waals surface area contributed by atoms with Crippen LogP contribution in [-0.2, 0) is 16.5 Å². The Labute approximate surface area is 223 Å². The molecule has 9 nitrogen and oxygen atoms in total. The number of nitrogens with zero attached hydrogens (tertiary/aromatic N) is 5. The Morgan fingerprint density at radius 3 is 2.58 bits per heavy atom. The van der Waals surface area contributed by atoms with Crippen LogP contribution >= 0.6 is 0 Å². The lowest BCUT2D eigenvalue weighted by molar-refractivity contribution is -0.0434. The molecule has 0 bridgehead atoms. The molecule has 3 saturated heterocycles. The number of pyridine rings is 2. The normalized spacial score (nSPS) is 26.7. The topological polar surface area (TPSA) is 89.1 Å². The molecule has 38 heavy (non-hydrogen) atoms. The number of rotatable bonds is 6. The zero-order chi connectivity index (χ0) is 26.4. The van der Waals surface area contributed by atoms with Gasteiger partial charge in [0.25, 0.3) is 5.56 Å². The van der Waals surface area contributed by atoms with Gasteiger partial charge < -0.3 is 25.0 Å². The monoisotopic (exact) mass is 518 g/mol. The van der Waals surface area contributed by atoms with Crippen molar-refractivity contribution in [2.75, 3.05) is 62.7 Å². The van der Waals surface area contributed by atoms with E-state index < -0.39 is 0 Å². The van der Waals surface area contributed by atoms with Gasteiger partial charge in [0.15, 0.2) is 0 Å². The second-order valence-corrected chi connectivity index (χ2v) is 11.1. The fourth-order valence-electron chi connectivity index (χ4n) is 6.30. The molecule has 0 saturated carbocycles.